The minimum absolute atomic E-state index is 0.664. The summed E-state index contributed by atoms with van der Waals surface area (Å²) in [5.74, 6) is 0. The Morgan fingerprint density at radius 2 is 1.85 bits per heavy atom. The van der Waals surface area contributed by atoms with Crippen LogP contribution in [0.15, 0.2) is 24.4 Å². The van der Waals surface area contributed by atoms with Crippen molar-refractivity contribution in [3.05, 3.63) is 30.0 Å². The Labute approximate surface area is 119 Å². The molecule has 0 amide bonds. The highest BCUT2D eigenvalue weighted by Crippen LogP contribution is 2.25. The predicted molar refractivity (Wildman–Crippen MR) is 82.1 cm³/mol. The maximum atomic E-state index is 10.2. The van der Waals surface area contributed by atoms with E-state index in [1.54, 1.807) is 27.7 Å². The van der Waals surface area contributed by atoms with Gasteiger partial charge in [-0.1, -0.05) is 12.1 Å². The first-order valence-corrected chi connectivity index (χ1v) is 6.78. The van der Waals surface area contributed by atoms with Crippen LogP contribution >= 0.6 is 0 Å². The molecule has 0 aliphatic rings. The standard InChI is InChI=1S/C15H22BNO3/c1-10-9-17-13-8-11(6-7-12(10)13)16(19)20-15(4,5)14(2,3)18/h6-9,17-19H,1-5H3. The third kappa shape index (κ3) is 2.75. The highest BCUT2D eigenvalue weighted by molar-refractivity contribution is 6.60. The van der Waals surface area contributed by atoms with E-state index in [-0.39, 0.29) is 0 Å². The SMILES string of the molecule is Cc1c[nH]c2cc(B(O)OC(C)(C)C(C)(C)O)ccc12. The van der Waals surface area contributed by atoms with E-state index in [4.69, 9.17) is 4.65 Å². The van der Waals surface area contributed by atoms with Gasteiger partial charge in [0.05, 0.1) is 11.2 Å². The van der Waals surface area contributed by atoms with Crippen LogP contribution in [0.4, 0.5) is 0 Å². The average molecular weight is 275 g/mol. The largest absolute Gasteiger partial charge is 0.491 e. The highest BCUT2D eigenvalue weighted by Gasteiger charge is 2.39. The van der Waals surface area contributed by atoms with Crippen LogP contribution in [0.3, 0.4) is 0 Å². The van der Waals surface area contributed by atoms with Gasteiger partial charge in [-0.2, -0.15) is 0 Å². The van der Waals surface area contributed by atoms with Crippen molar-refractivity contribution in [2.45, 2.75) is 45.8 Å². The number of H-pyrrole nitrogens is 1. The highest BCUT2D eigenvalue weighted by atomic mass is 16.5. The molecule has 1 aromatic carbocycles. The summed E-state index contributed by atoms with van der Waals surface area (Å²) < 4.78 is 5.64. The smallest absolute Gasteiger partial charge is 0.423 e. The van der Waals surface area contributed by atoms with Crippen molar-refractivity contribution in [3.63, 3.8) is 0 Å². The number of nitrogens with one attached hydrogen (secondary N) is 1. The number of fused-ring (bicyclic) bond motifs is 1. The van der Waals surface area contributed by atoms with E-state index in [1.807, 2.05) is 31.3 Å². The van der Waals surface area contributed by atoms with Crippen LogP contribution in [-0.2, 0) is 4.65 Å². The molecule has 0 bridgehead atoms. The Bertz CT molecular complexity index is 613. The number of hydrogen-bond acceptors (Lipinski definition) is 3. The predicted octanol–water partition coefficient (Wildman–Crippen LogP) is 1.73. The van der Waals surface area contributed by atoms with Crippen LogP contribution in [0, 0.1) is 6.92 Å². The zero-order valence-electron chi connectivity index (χ0n) is 12.7. The van der Waals surface area contributed by atoms with Crippen molar-refractivity contribution in [2.75, 3.05) is 0 Å². The van der Waals surface area contributed by atoms with Crippen molar-refractivity contribution in [2.24, 2.45) is 0 Å². The lowest BCUT2D eigenvalue weighted by Crippen LogP contribution is -2.53. The number of aromatic amines is 1. The molecule has 0 saturated heterocycles. The van der Waals surface area contributed by atoms with E-state index in [0.717, 1.165) is 10.9 Å². The third-order valence-electron chi connectivity index (χ3n) is 4.08. The molecule has 0 aliphatic heterocycles. The van der Waals surface area contributed by atoms with Crippen molar-refractivity contribution in [1.29, 1.82) is 0 Å². The number of aliphatic hydroxyl groups is 1. The zero-order valence-corrected chi connectivity index (χ0v) is 12.7. The Morgan fingerprint density at radius 1 is 1.20 bits per heavy atom. The van der Waals surface area contributed by atoms with Gasteiger partial charge in [0.1, 0.15) is 0 Å². The van der Waals surface area contributed by atoms with Crippen LogP contribution in [0.1, 0.15) is 33.3 Å². The molecule has 5 heteroatoms. The second-order valence-corrected chi connectivity index (χ2v) is 6.32. The second-order valence-electron chi connectivity index (χ2n) is 6.32. The van der Waals surface area contributed by atoms with Crippen LogP contribution < -0.4 is 5.46 Å². The molecule has 0 radical (unpaired) electrons. The molecule has 0 fully saturated rings. The van der Waals surface area contributed by atoms with Gasteiger partial charge in [-0.15, -0.1) is 0 Å². The van der Waals surface area contributed by atoms with Gasteiger partial charge in [0, 0.05) is 17.1 Å². The van der Waals surface area contributed by atoms with Crippen LogP contribution in [0.2, 0.25) is 0 Å². The molecule has 0 unspecified atom stereocenters. The third-order valence-corrected chi connectivity index (χ3v) is 4.08. The van der Waals surface area contributed by atoms with Gasteiger partial charge in [-0.25, -0.2) is 0 Å². The molecule has 108 valence electrons. The van der Waals surface area contributed by atoms with Crippen LogP contribution in [0.25, 0.3) is 10.9 Å². The summed E-state index contributed by atoms with van der Waals surface area (Å²) in [5, 5.41) is 21.4. The Balaban J connectivity index is 2.25. The van der Waals surface area contributed by atoms with Crippen molar-refractivity contribution in [3.8, 4) is 0 Å². The molecule has 0 spiro atoms. The molecule has 0 aliphatic carbocycles. The van der Waals surface area contributed by atoms with Crippen LogP contribution in [-0.4, -0.2) is 33.4 Å². The summed E-state index contributed by atoms with van der Waals surface area (Å²) in [6.45, 7) is 8.87. The normalized spacial score (nSPS) is 12.9. The maximum absolute atomic E-state index is 10.2. The number of aromatic nitrogens is 1. The van der Waals surface area contributed by atoms with Gasteiger partial charge in [0.2, 0.25) is 0 Å². The average Bonchev–Trinajstić information content (AvgIpc) is 2.68. The quantitative estimate of drug-likeness (QED) is 0.744. The fourth-order valence-corrected chi connectivity index (χ4v) is 1.93. The molecule has 1 heterocycles. The summed E-state index contributed by atoms with van der Waals surface area (Å²) in [5.41, 5.74) is 0.868. The monoisotopic (exact) mass is 275 g/mol. The Hall–Kier alpha value is -1.30. The first-order chi connectivity index (χ1) is 9.12. The minimum Gasteiger partial charge on any atom is -0.423 e. The summed E-state index contributed by atoms with van der Waals surface area (Å²) in [4.78, 5) is 3.16. The van der Waals surface area contributed by atoms with Crippen molar-refractivity contribution in [1.82, 2.24) is 4.98 Å². The number of benzene rings is 1. The van der Waals surface area contributed by atoms with Gasteiger partial charge >= 0.3 is 7.12 Å². The number of rotatable bonds is 4. The Morgan fingerprint density at radius 3 is 2.45 bits per heavy atom. The fraction of sp³-hybridized carbons (Fsp3) is 0.467. The van der Waals surface area contributed by atoms with E-state index >= 15 is 0 Å². The van der Waals surface area contributed by atoms with Crippen LogP contribution in [0.5, 0.6) is 0 Å². The van der Waals surface area contributed by atoms with Gasteiger partial charge in [-0.3, -0.25) is 0 Å². The zero-order chi connectivity index (χ0) is 15.1. The van der Waals surface area contributed by atoms with Crippen molar-refractivity contribution >= 4 is 23.5 Å². The topological polar surface area (TPSA) is 65.5 Å². The number of aryl methyl sites for hydroxylation is 1. The van der Waals surface area contributed by atoms with Gasteiger partial charge < -0.3 is 19.8 Å². The second kappa shape index (κ2) is 4.92. The van der Waals surface area contributed by atoms with E-state index in [2.05, 4.69) is 4.98 Å². The molecule has 0 saturated carbocycles. The molecule has 20 heavy (non-hydrogen) atoms. The van der Waals surface area contributed by atoms with Gasteiger partial charge in [0.25, 0.3) is 0 Å². The lowest BCUT2D eigenvalue weighted by molar-refractivity contribution is -0.0982. The number of hydrogen-bond donors (Lipinski definition) is 3. The minimum atomic E-state index is -1.08. The molecule has 2 rings (SSSR count). The van der Waals surface area contributed by atoms with E-state index in [9.17, 15) is 10.1 Å². The molecule has 4 nitrogen and oxygen atoms in total. The van der Waals surface area contributed by atoms with Gasteiger partial charge in [-0.05, 0) is 51.7 Å². The molecular formula is C15H22BNO3. The molecule has 0 atom stereocenters. The Kier molecular flexibility index (Phi) is 3.71. The molecular weight excluding hydrogens is 253 g/mol. The fourth-order valence-electron chi connectivity index (χ4n) is 1.93. The summed E-state index contributed by atoms with van der Waals surface area (Å²) in [6.07, 6.45) is 1.93. The van der Waals surface area contributed by atoms with Gasteiger partial charge in [0.15, 0.2) is 0 Å². The summed E-state index contributed by atoms with van der Waals surface area (Å²) >= 11 is 0. The first-order valence-electron chi connectivity index (χ1n) is 6.78. The maximum Gasteiger partial charge on any atom is 0.491 e. The van der Waals surface area contributed by atoms with Crippen molar-refractivity contribution < 1.29 is 14.8 Å². The van der Waals surface area contributed by atoms with E-state index in [1.165, 1.54) is 5.56 Å². The molecule has 1 aromatic heterocycles. The first kappa shape index (κ1) is 15.1. The van der Waals surface area contributed by atoms with E-state index in [0.29, 0.717) is 5.46 Å². The lowest BCUT2D eigenvalue weighted by Gasteiger charge is -2.38. The molecule has 2 aromatic rings. The van der Waals surface area contributed by atoms with E-state index < -0.39 is 18.3 Å². The lowest BCUT2D eigenvalue weighted by atomic mass is 9.76. The molecule has 3 N–H and O–H groups in total. The summed E-state index contributed by atoms with van der Waals surface area (Å²) in [7, 11) is -1.08. The summed E-state index contributed by atoms with van der Waals surface area (Å²) in [6, 6.07) is 5.67.